The van der Waals surface area contributed by atoms with Crippen LogP contribution in [0.5, 0.6) is 0 Å². The normalized spacial score (nSPS) is 8.25. The van der Waals surface area contributed by atoms with Gasteiger partial charge in [0.1, 0.15) is 0 Å². The van der Waals surface area contributed by atoms with Crippen molar-refractivity contribution in [1.29, 1.82) is 0 Å². The molecule has 24 heavy (non-hydrogen) atoms. The molecular weight excluding hydrogens is 430 g/mol. The van der Waals surface area contributed by atoms with E-state index in [0.717, 1.165) is 9.52 Å². The molecule has 0 unspecified atom stereocenters. The van der Waals surface area contributed by atoms with E-state index >= 15 is 0 Å². The largest absolute Gasteiger partial charge is 4.00 e. The fourth-order valence-electron chi connectivity index (χ4n) is 2.37. The Labute approximate surface area is 184 Å². The van der Waals surface area contributed by atoms with E-state index in [-0.39, 0.29) is 51.0 Å². The van der Waals surface area contributed by atoms with Gasteiger partial charge in [-0.25, -0.2) is 24.3 Å². The maximum atomic E-state index is 2.21. The first-order valence-electron chi connectivity index (χ1n) is 8.39. The van der Waals surface area contributed by atoms with Crippen LogP contribution in [0.3, 0.4) is 0 Å². The summed E-state index contributed by atoms with van der Waals surface area (Å²) in [7, 11) is 0.750. The Balaban J connectivity index is -0.000000130. The average Bonchev–Trinajstić information content (AvgIpc) is 3.16. The van der Waals surface area contributed by atoms with Gasteiger partial charge < -0.3 is 24.8 Å². The van der Waals surface area contributed by atoms with Crippen molar-refractivity contribution >= 4 is 9.52 Å². The molecule has 0 spiro atoms. The van der Waals surface area contributed by atoms with Crippen LogP contribution >= 0.6 is 0 Å². The standard InChI is InChI=1S/2C9H13.C2H7Si.2ClH.Zr/c2*1-3-8-6-5-7-9(8)4-2;1-3-2;;;/h2*5-7H,3-4H2,1-2H3;3H,1-2H3;2*1H;/q2*-1;;;;+4/p-2. The molecule has 4 heteroatoms. The van der Waals surface area contributed by atoms with E-state index in [4.69, 9.17) is 0 Å². The summed E-state index contributed by atoms with van der Waals surface area (Å²) in [5.41, 5.74) is 6.05. The molecule has 0 aromatic heterocycles. The van der Waals surface area contributed by atoms with E-state index in [1.165, 1.54) is 47.9 Å². The minimum Gasteiger partial charge on any atom is -1.00 e. The van der Waals surface area contributed by atoms with Crippen LogP contribution in [0.4, 0.5) is 0 Å². The third kappa shape index (κ3) is 12.7. The minimum absolute atomic E-state index is 0. The van der Waals surface area contributed by atoms with Crippen molar-refractivity contribution in [2.45, 2.75) is 66.5 Å². The molecule has 0 bridgehead atoms. The second-order valence-electron chi connectivity index (χ2n) is 5.14. The topological polar surface area (TPSA) is 0 Å². The number of rotatable bonds is 4. The van der Waals surface area contributed by atoms with Crippen molar-refractivity contribution in [2.24, 2.45) is 0 Å². The maximum Gasteiger partial charge on any atom is 4.00 e. The van der Waals surface area contributed by atoms with Gasteiger partial charge in [0.2, 0.25) is 0 Å². The molecule has 0 nitrogen and oxygen atoms in total. The van der Waals surface area contributed by atoms with Crippen LogP contribution < -0.4 is 24.8 Å². The van der Waals surface area contributed by atoms with E-state index < -0.39 is 0 Å². The molecule has 0 fully saturated rings. The number of aryl methyl sites for hydroxylation is 4. The fourth-order valence-corrected chi connectivity index (χ4v) is 2.37. The smallest absolute Gasteiger partial charge is 1.00 e. The van der Waals surface area contributed by atoms with Gasteiger partial charge in [-0.1, -0.05) is 66.5 Å². The van der Waals surface area contributed by atoms with Crippen LogP contribution in [-0.2, 0) is 51.9 Å². The predicted octanol–water partition coefficient (Wildman–Crippen LogP) is -0.415. The van der Waals surface area contributed by atoms with Gasteiger partial charge in [0.05, 0.1) is 0 Å². The predicted molar refractivity (Wildman–Crippen MR) is 100 cm³/mol. The summed E-state index contributed by atoms with van der Waals surface area (Å²) >= 11 is 0. The van der Waals surface area contributed by atoms with Crippen molar-refractivity contribution in [2.75, 3.05) is 0 Å². The molecule has 0 saturated heterocycles. The monoisotopic (exact) mass is 461 g/mol. The molecule has 0 aliphatic rings. The van der Waals surface area contributed by atoms with Crippen LogP contribution in [-0.4, -0.2) is 9.52 Å². The van der Waals surface area contributed by atoms with E-state index in [1.54, 1.807) is 0 Å². The number of hydrogen-bond acceptors (Lipinski definition) is 0. The first-order valence-corrected chi connectivity index (χ1v) is 10.7. The molecular formula is C20H33Cl2SiZr. The Hall–Kier alpha value is 0.380. The SMILES string of the molecule is CCc1ccc[c-]1CC.CCc1ccc[c-]1CC.C[SiH]C.[Cl-].[Cl-].[Zr+4]. The second kappa shape index (κ2) is 21.4. The van der Waals surface area contributed by atoms with Crippen molar-refractivity contribution in [3.05, 3.63) is 58.7 Å². The molecule has 0 aliphatic heterocycles. The van der Waals surface area contributed by atoms with Gasteiger partial charge in [-0.3, -0.25) is 0 Å². The first kappa shape index (κ1) is 32.1. The molecule has 2 aromatic rings. The summed E-state index contributed by atoms with van der Waals surface area (Å²) in [5, 5.41) is 0. The summed E-state index contributed by atoms with van der Waals surface area (Å²) in [6, 6.07) is 13.1. The molecule has 2 rings (SSSR count). The van der Waals surface area contributed by atoms with E-state index in [0.29, 0.717) is 0 Å². The van der Waals surface area contributed by atoms with Gasteiger partial charge in [-0.2, -0.15) is 34.4 Å². The molecule has 0 saturated carbocycles. The van der Waals surface area contributed by atoms with Gasteiger partial charge in [0.15, 0.2) is 0 Å². The van der Waals surface area contributed by atoms with Crippen LogP contribution in [0.25, 0.3) is 0 Å². The zero-order chi connectivity index (χ0) is 16.1. The van der Waals surface area contributed by atoms with Gasteiger partial charge in [-0.15, -0.1) is 0 Å². The number of halogens is 2. The van der Waals surface area contributed by atoms with E-state index in [1.807, 2.05) is 0 Å². The Bertz CT molecular complexity index is 384. The maximum absolute atomic E-state index is 2.21. The van der Waals surface area contributed by atoms with E-state index in [2.05, 4.69) is 77.2 Å². The zero-order valence-electron chi connectivity index (χ0n) is 16.1. The van der Waals surface area contributed by atoms with Crippen molar-refractivity contribution in [1.82, 2.24) is 0 Å². The van der Waals surface area contributed by atoms with Crippen molar-refractivity contribution in [3.8, 4) is 0 Å². The Morgan fingerprint density at radius 3 is 1.21 bits per heavy atom. The quantitative estimate of drug-likeness (QED) is 0.427. The molecule has 1 radical (unpaired) electrons. The summed E-state index contributed by atoms with van der Waals surface area (Å²) < 4.78 is 0. The molecule has 2 aromatic carbocycles. The van der Waals surface area contributed by atoms with Crippen LogP contribution in [0.15, 0.2) is 36.4 Å². The third-order valence-electron chi connectivity index (χ3n) is 3.54. The van der Waals surface area contributed by atoms with E-state index in [9.17, 15) is 0 Å². The van der Waals surface area contributed by atoms with Gasteiger partial charge in [0.25, 0.3) is 0 Å². The average molecular weight is 464 g/mol. The van der Waals surface area contributed by atoms with Gasteiger partial charge in [0, 0.05) is 9.52 Å². The Morgan fingerprint density at radius 2 is 1.04 bits per heavy atom. The molecule has 0 heterocycles. The number of hydrogen-bond donors (Lipinski definition) is 0. The van der Waals surface area contributed by atoms with Crippen LogP contribution in [0.2, 0.25) is 13.1 Å². The fraction of sp³-hybridized carbons (Fsp3) is 0.500. The third-order valence-corrected chi connectivity index (χ3v) is 3.54. The van der Waals surface area contributed by atoms with Crippen molar-refractivity contribution in [3.63, 3.8) is 0 Å². The Kier molecular flexibility index (Phi) is 28.6. The molecule has 0 atom stereocenters. The summed E-state index contributed by atoms with van der Waals surface area (Å²) in [5.74, 6) is 0. The van der Waals surface area contributed by atoms with Gasteiger partial charge >= 0.3 is 26.2 Å². The first-order chi connectivity index (χ1) is 10.2. The van der Waals surface area contributed by atoms with Crippen LogP contribution in [0.1, 0.15) is 49.9 Å². The zero-order valence-corrected chi connectivity index (χ0v) is 21.3. The summed E-state index contributed by atoms with van der Waals surface area (Å²) in [6.45, 7) is 13.2. The van der Waals surface area contributed by atoms with Gasteiger partial charge in [-0.05, 0) is 0 Å². The summed E-state index contributed by atoms with van der Waals surface area (Å²) in [6.07, 6.45) is 4.71. The second-order valence-corrected chi connectivity index (χ2v) is 6.30. The Morgan fingerprint density at radius 1 is 0.750 bits per heavy atom. The summed E-state index contributed by atoms with van der Waals surface area (Å²) in [4.78, 5) is 0. The molecule has 135 valence electrons. The molecule has 0 amide bonds. The molecule has 0 aliphatic carbocycles. The van der Waals surface area contributed by atoms with Crippen LogP contribution in [0, 0.1) is 0 Å². The van der Waals surface area contributed by atoms with Crippen molar-refractivity contribution < 1.29 is 51.0 Å². The minimum atomic E-state index is 0. The molecule has 0 N–H and O–H groups in total.